The van der Waals surface area contributed by atoms with Crippen molar-refractivity contribution < 1.29 is 31.8 Å². The van der Waals surface area contributed by atoms with Gasteiger partial charge in [-0.3, -0.25) is 0 Å². The van der Waals surface area contributed by atoms with E-state index in [0.717, 1.165) is 13.2 Å². The number of halogens is 4. The first kappa shape index (κ1) is 14.2. The quantitative estimate of drug-likeness (QED) is 0.622. The van der Waals surface area contributed by atoms with Gasteiger partial charge in [-0.25, -0.2) is 14.2 Å². The van der Waals surface area contributed by atoms with Gasteiger partial charge in [0.25, 0.3) is 5.88 Å². The molecular formula is C10H9F4NO3. The van der Waals surface area contributed by atoms with Crippen LogP contribution in [0.25, 0.3) is 0 Å². The summed E-state index contributed by atoms with van der Waals surface area (Å²) in [7, 11) is 1.09. The molecule has 4 nitrogen and oxygen atoms in total. The first-order valence-corrected chi connectivity index (χ1v) is 4.69. The van der Waals surface area contributed by atoms with E-state index < -0.39 is 30.4 Å². The lowest BCUT2D eigenvalue weighted by Crippen LogP contribution is -2.20. The highest BCUT2D eigenvalue weighted by Crippen LogP contribution is 2.21. The second-order valence-corrected chi connectivity index (χ2v) is 3.30. The van der Waals surface area contributed by atoms with Crippen LogP contribution in [-0.2, 0) is 4.74 Å². The highest BCUT2D eigenvalue weighted by atomic mass is 19.4. The summed E-state index contributed by atoms with van der Waals surface area (Å²) < 4.78 is 57.5. The van der Waals surface area contributed by atoms with Crippen LogP contribution in [0.1, 0.15) is 16.1 Å². The molecule has 1 aromatic heterocycles. The number of esters is 1. The molecule has 0 bridgehead atoms. The average Bonchev–Trinajstić information content (AvgIpc) is 2.27. The number of pyridine rings is 1. The van der Waals surface area contributed by atoms with Gasteiger partial charge in [0.1, 0.15) is 0 Å². The molecule has 8 heteroatoms. The van der Waals surface area contributed by atoms with Crippen LogP contribution in [0.3, 0.4) is 0 Å². The standard InChI is InChI=1S/C10H9F4NO3/c1-5-6(9(16)17-2)3-7(11)8(15-5)18-4-10(12,13)14/h3H,4H2,1-2H3. The molecule has 0 saturated heterocycles. The number of alkyl halides is 3. The lowest BCUT2D eigenvalue weighted by Gasteiger charge is -2.11. The maximum atomic E-state index is 13.3. The van der Waals surface area contributed by atoms with E-state index in [9.17, 15) is 22.4 Å². The van der Waals surface area contributed by atoms with E-state index >= 15 is 0 Å². The van der Waals surface area contributed by atoms with E-state index in [1.165, 1.54) is 6.92 Å². The van der Waals surface area contributed by atoms with Crippen LogP contribution in [0, 0.1) is 12.7 Å². The highest BCUT2D eigenvalue weighted by Gasteiger charge is 2.29. The molecule has 0 unspecified atom stereocenters. The number of hydrogen-bond acceptors (Lipinski definition) is 4. The molecule has 0 spiro atoms. The molecule has 1 aromatic rings. The zero-order valence-corrected chi connectivity index (χ0v) is 9.47. The maximum absolute atomic E-state index is 13.3. The molecule has 0 aliphatic heterocycles. The molecular weight excluding hydrogens is 258 g/mol. The Balaban J connectivity index is 2.97. The van der Waals surface area contributed by atoms with E-state index in [-0.39, 0.29) is 11.3 Å². The summed E-state index contributed by atoms with van der Waals surface area (Å²) in [6.45, 7) is -0.333. The van der Waals surface area contributed by atoms with Crippen LogP contribution in [0.4, 0.5) is 17.6 Å². The molecule has 0 fully saturated rings. The van der Waals surface area contributed by atoms with Crippen molar-refractivity contribution in [2.24, 2.45) is 0 Å². The fourth-order valence-corrected chi connectivity index (χ4v) is 1.13. The minimum Gasteiger partial charge on any atom is -0.466 e. The SMILES string of the molecule is COC(=O)c1cc(F)c(OCC(F)(F)F)nc1C. The molecule has 18 heavy (non-hydrogen) atoms. The lowest BCUT2D eigenvalue weighted by atomic mass is 10.2. The third kappa shape index (κ3) is 3.57. The minimum atomic E-state index is -4.59. The van der Waals surface area contributed by atoms with Gasteiger partial charge in [0.15, 0.2) is 12.4 Å². The van der Waals surface area contributed by atoms with Crippen molar-refractivity contribution in [3.8, 4) is 5.88 Å². The van der Waals surface area contributed by atoms with Gasteiger partial charge < -0.3 is 9.47 Å². The van der Waals surface area contributed by atoms with Crippen molar-refractivity contribution in [1.29, 1.82) is 0 Å². The minimum absolute atomic E-state index is 0.0143. The molecule has 0 aromatic carbocycles. The summed E-state index contributed by atoms with van der Waals surface area (Å²) >= 11 is 0. The predicted molar refractivity (Wildman–Crippen MR) is 51.8 cm³/mol. The predicted octanol–water partition coefficient (Wildman–Crippen LogP) is 2.26. The zero-order valence-electron chi connectivity index (χ0n) is 9.47. The van der Waals surface area contributed by atoms with Crippen LogP contribution < -0.4 is 4.74 Å². The molecule has 0 aliphatic rings. The van der Waals surface area contributed by atoms with Crippen molar-refractivity contribution in [3.63, 3.8) is 0 Å². The number of aromatic nitrogens is 1. The molecule has 1 heterocycles. The molecule has 1 rings (SSSR count). The van der Waals surface area contributed by atoms with Crippen LogP contribution >= 0.6 is 0 Å². The third-order valence-corrected chi connectivity index (χ3v) is 1.91. The first-order valence-electron chi connectivity index (χ1n) is 4.69. The number of rotatable bonds is 3. The van der Waals surface area contributed by atoms with Gasteiger partial charge in [0.05, 0.1) is 18.4 Å². The largest absolute Gasteiger partial charge is 0.466 e. The Kier molecular flexibility index (Phi) is 4.10. The number of nitrogens with zero attached hydrogens (tertiary/aromatic N) is 1. The Morgan fingerprint density at radius 3 is 2.56 bits per heavy atom. The fourth-order valence-electron chi connectivity index (χ4n) is 1.13. The van der Waals surface area contributed by atoms with Crippen molar-refractivity contribution in [2.75, 3.05) is 13.7 Å². The number of carbonyl (C=O) groups excluding carboxylic acids is 1. The van der Waals surface area contributed by atoms with Crippen molar-refractivity contribution >= 4 is 5.97 Å². The number of carbonyl (C=O) groups is 1. The van der Waals surface area contributed by atoms with Gasteiger partial charge in [-0.05, 0) is 13.0 Å². The summed E-state index contributed by atoms with van der Waals surface area (Å²) in [5, 5.41) is 0. The first-order chi connectivity index (χ1) is 8.24. The summed E-state index contributed by atoms with van der Waals surface area (Å²) in [5.74, 6) is -2.80. The van der Waals surface area contributed by atoms with E-state index in [1.54, 1.807) is 0 Å². The van der Waals surface area contributed by atoms with E-state index in [0.29, 0.717) is 0 Å². The zero-order chi connectivity index (χ0) is 13.9. The van der Waals surface area contributed by atoms with Crippen LogP contribution in [0.2, 0.25) is 0 Å². The Hall–Kier alpha value is -1.86. The molecule has 0 atom stereocenters. The number of aryl methyl sites for hydroxylation is 1. The lowest BCUT2D eigenvalue weighted by molar-refractivity contribution is -0.154. The Morgan fingerprint density at radius 1 is 1.44 bits per heavy atom. The van der Waals surface area contributed by atoms with Gasteiger partial charge in [-0.1, -0.05) is 0 Å². The summed E-state index contributed by atoms with van der Waals surface area (Å²) in [4.78, 5) is 14.6. The summed E-state index contributed by atoms with van der Waals surface area (Å²) in [5.41, 5.74) is -0.158. The van der Waals surface area contributed by atoms with Crippen molar-refractivity contribution in [1.82, 2.24) is 4.98 Å². The number of ether oxygens (including phenoxy) is 2. The van der Waals surface area contributed by atoms with E-state index in [4.69, 9.17) is 0 Å². The second kappa shape index (κ2) is 5.19. The van der Waals surface area contributed by atoms with Gasteiger partial charge in [0, 0.05) is 0 Å². The highest BCUT2D eigenvalue weighted by molar-refractivity contribution is 5.90. The molecule has 0 amide bonds. The smallest absolute Gasteiger partial charge is 0.422 e. The second-order valence-electron chi connectivity index (χ2n) is 3.30. The molecule has 0 saturated carbocycles. The van der Waals surface area contributed by atoms with Crippen molar-refractivity contribution in [3.05, 3.63) is 23.1 Å². The van der Waals surface area contributed by atoms with Crippen molar-refractivity contribution in [2.45, 2.75) is 13.1 Å². The van der Waals surface area contributed by atoms with E-state index in [1.807, 2.05) is 0 Å². The van der Waals surface area contributed by atoms with Gasteiger partial charge in [-0.15, -0.1) is 0 Å². The van der Waals surface area contributed by atoms with Crippen LogP contribution in [0.5, 0.6) is 5.88 Å². The summed E-state index contributed by atoms with van der Waals surface area (Å²) in [6.07, 6.45) is -4.59. The normalized spacial score (nSPS) is 11.2. The Bertz CT molecular complexity index is 459. The maximum Gasteiger partial charge on any atom is 0.422 e. The monoisotopic (exact) mass is 267 g/mol. The third-order valence-electron chi connectivity index (χ3n) is 1.91. The molecule has 0 radical (unpaired) electrons. The molecule has 0 aliphatic carbocycles. The van der Waals surface area contributed by atoms with E-state index in [2.05, 4.69) is 14.5 Å². The Morgan fingerprint density at radius 2 is 2.06 bits per heavy atom. The molecule has 100 valence electrons. The Labute approximate surface area is 99.5 Å². The topological polar surface area (TPSA) is 48.4 Å². The van der Waals surface area contributed by atoms with Crippen LogP contribution in [0.15, 0.2) is 6.07 Å². The number of hydrogen-bond donors (Lipinski definition) is 0. The average molecular weight is 267 g/mol. The van der Waals surface area contributed by atoms with Gasteiger partial charge >= 0.3 is 12.1 Å². The van der Waals surface area contributed by atoms with Gasteiger partial charge in [0.2, 0.25) is 0 Å². The fraction of sp³-hybridized carbons (Fsp3) is 0.400. The summed E-state index contributed by atoms with van der Waals surface area (Å²) in [6, 6.07) is 0.722. The number of methoxy groups -OCH3 is 1. The van der Waals surface area contributed by atoms with Crippen LogP contribution in [-0.4, -0.2) is 30.8 Å². The van der Waals surface area contributed by atoms with Gasteiger partial charge in [-0.2, -0.15) is 13.2 Å². The molecule has 0 N–H and O–H groups in total.